The molecule has 0 amide bonds. The van der Waals surface area contributed by atoms with Crippen LogP contribution in [0.1, 0.15) is 30.9 Å². The summed E-state index contributed by atoms with van der Waals surface area (Å²) >= 11 is 0. The molecule has 0 bridgehead atoms. The van der Waals surface area contributed by atoms with Gasteiger partial charge in [0.15, 0.2) is 5.78 Å². The van der Waals surface area contributed by atoms with Gasteiger partial charge in [-0.05, 0) is 44.5 Å². The van der Waals surface area contributed by atoms with Crippen molar-refractivity contribution in [3.8, 4) is 0 Å². The number of carbonyl (C=O) groups excluding carboxylic acids is 1. The minimum absolute atomic E-state index is 0.200. The Bertz CT molecular complexity index is 479. The standard InChI is InChI=1S/C16H19NO/c1-17-12-6-11-16(10-5-9-14(16)18)15(17)13-7-3-2-4-8-13/h2-5,7-9,15H,6,10-12H2,1H3. The maximum atomic E-state index is 12.4. The van der Waals surface area contributed by atoms with Crippen molar-refractivity contribution in [3.05, 3.63) is 48.0 Å². The van der Waals surface area contributed by atoms with Crippen molar-refractivity contribution in [1.82, 2.24) is 4.90 Å². The van der Waals surface area contributed by atoms with Gasteiger partial charge in [0.1, 0.15) is 0 Å². The summed E-state index contributed by atoms with van der Waals surface area (Å²) < 4.78 is 0. The molecule has 2 nitrogen and oxygen atoms in total. The summed E-state index contributed by atoms with van der Waals surface area (Å²) in [5, 5.41) is 0. The number of carbonyl (C=O) groups is 1. The van der Waals surface area contributed by atoms with E-state index in [1.165, 1.54) is 5.56 Å². The SMILES string of the molecule is CN1CCCC2(CC=CC2=O)C1c1ccccc1. The lowest BCUT2D eigenvalue weighted by Gasteiger charge is -2.46. The molecule has 1 spiro atoms. The van der Waals surface area contributed by atoms with Crippen molar-refractivity contribution in [2.75, 3.05) is 13.6 Å². The van der Waals surface area contributed by atoms with Gasteiger partial charge in [-0.25, -0.2) is 0 Å². The van der Waals surface area contributed by atoms with Crippen LogP contribution in [0.4, 0.5) is 0 Å². The maximum Gasteiger partial charge on any atom is 0.163 e. The zero-order valence-electron chi connectivity index (χ0n) is 10.8. The van der Waals surface area contributed by atoms with E-state index in [0.717, 1.165) is 25.8 Å². The van der Waals surface area contributed by atoms with Crippen molar-refractivity contribution in [3.63, 3.8) is 0 Å². The van der Waals surface area contributed by atoms with Gasteiger partial charge < -0.3 is 0 Å². The summed E-state index contributed by atoms with van der Waals surface area (Å²) in [6.07, 6.45) is 6.87. The first kappa shape index (κ1) is 11.7. The molecule has 1 aliphatic heterocycles. The molecule has 1 fully saturated rings. The number of allylic oxidation sites excluding steroid dienone is 2. The van der Waals surface area contributed by atoms with Crippen molar-refractivity contribution in [2.24, 2.45) is 5.41 Å². The van der Waals surface area contributed by atoms with E-state index in [2.05, 4.69) is 42.3 Å². The normalized spacial score (nSPS) is 32.3. The quantitative estimate of drug-likeness (QED) is 0.753. The van der Waals surface area contributed by atoms with Gasteiger partial charge in [0.25, 0.3) is 0 Å². The Labute approximate surface area is 108 Å². The molecule has 3 rings (SSSR count). The zero-order chi connectivity index (χ0) is 12.6. The molecule has 0 N–H and O–H groups in total. The molecule has 2 heteroatoms. The average molecular weight is 241 g/mol. The van der Waals surface area contributed by atoms with Gasteiger partial charge in [-0.15, -0.1) is 0 Å². The van der Waals surface area contributed by atoms with Crippen LogP contribution < -0.4 is 0 Å². The summed E-state index contributed by atoms with van der Waals surface area (Å²) in [6.45, 7) is 1.08. The second-order valence-corrected chi connectivity index (χ2v) is 5.52. The van der Waals surface area contributed by atoms with E-state index in [1.54, 1.807) is 6.08 Å². The Morgan fingerprint density at radius 3 is 2.72 bits per heavy atom. The number of hydrogen-bond donors (Lipinski definition) is 0. The van der Waals surface area contributed by atoms with Gasteiger partial charge in [0.2, 0.25) is 0 Å². The minimum Gasteiger partial charge on any atom is -0.298 e. The van der Waals surface area contributed by atoms with Crippen LogP contribution in [0, 0.1) is 5.41 Å². The largest absolute Gasteiger partial charge is 0.298 e. The molecule has 18 heavy (non-hydrogen) atoms. The monoisotopic (exact) mass is 241 g/mol. The number of benzene rings is 1. The predicted molar refractivity (Wildman–Crippen MR) is 72.2 cm³/mol. The Balaban J connectivity index is 2.04. The molecule has 94 valence electrons. The van der Waals surface area contributed by atoms with Crippen LogP contribution in [0.5, 0.6) is 0 Å². The third-order valence-electron chi connectivity index (χ3n) is 4.46. The highest BCUT2D eigenvalue weighted by atomic mass is 16.1. The highest BCUT2D eigenvalue weighted by molar-refractivity contribution is 5.98. The van der Waals surface area contributed by atoms with E-state index in [9.17, 15) is 4.79 Å². The Hall–Kier alpha value is -1.41. The van der Waals surface area contributed by atoms with Crippen LogP contribution in [-0.2, 0) is 4.79 Å². The Morgan fingerprint density at radius 2 is 2.06 bits per heavy atom. The summed E-state index contributed by atoms with van der Waals surface area (Å²) in [6, 6.07) is 10.7. The zero-order valence-corrected chi connectivity index (χ0v) is 10.8. The van der Waals surface area contributed by atoms with Crippen molar-refractivity contribution in [2.45, 2.75) is 25.3 Å². The average Bonchev–Trinajstić information content (AvgIpc) is 2.73. The van der Waals surface area contributed by atoms with Crippen LogP contribution in [-0.4, -0.2) is 24.3 Å². The predicted octanol–water partition coefficient (Wildman–Crippen LogP) is 2.97. The fourth-order valence-electron chi connectivity index (χ4n) is 3.65. The van der Waals surface area contributed by atoms with Crippen molar-refractivity contribution in [1.29, 1.82) is 0 Å². The van der Waals surface area contributed by atoms with Gasteiger partial charge in [0.05, 0.1) is 5.41 Å². The van der Waals surface area contributed by atoms with E-state index < -0.39 is 0 Å². The summed E-state index contributed by atoms with van der Waals surface area (Å²) in [5.74, 6) is 0.322. The van der Waals surface area contributed by atoms with Gasteiger partial charge in [0, 0.05) is 6.04 Å². The van der Waals surface area contributed by atoms with E-state index in [-0.39, 0.29) is 11.5 Å². The molecule has 0 saturated carbocycles. The molecule has 1 aromatic rings. The molecule has 1 aromatic carbocycles. The lowest BCUT2D eigenvalue weighted by molar-refractivity contribution is -0.129. The fourth-order valence-corrected chi connectivity index (χ4v) is 3.65. The van der Waals surface area contributed by atoms with Crippen LogP contribution >= 0.6 is 0 Å². The van der Waals surface area contributed by atoms with Gasteiger partial charge in [-0.3, -0.25) is 9.69 Å². The van der Waals surface area contributed by atoms with Crippen LogP contribution in [0.25, 0.3) is 0 Å². The molecule has 2 atom stereocenters. The molecule has 0 radical (unpaired) electrons. The lowest BCUT2D eigenvalue weighted by Crippen LogP contribution is -2.46. The molecule has 1 heterocycles. The summed E-state index contributed by atoms with van der Waals surface area (Å²) in [4.78, 5) is 14.7. The topological polar surface area (TPSA) is 20.3 Å². The molecule has 1 saturated heterocycles. The fraction of sp³-hybridized carbons (Fsp3) is 0.438. The number of rotatable bonds is 1. The van der Waals surface area contributed by atoms with E-state index in [4.69, 9.17) is 0 Å². The third kappa shape index (κ3) is 1.64. The molecule has 2 unspecified atom stereocenters. The van der Waals surface area contributed by atoms with E-state index in [0.29, 0.717) is 5.78 Å². The Kier molecular flexibility index (Phi) is 2.83. The number of hydrogen-bond acceptors (Lipinski definition) is 2. The van der Waals surface area contributed by atoms with Crippen molar-refractivity contribution >= 4 is 5.78 Å². The number of likely N-dealkylation sites (tertiary alicyclic amines) is 1. The second-order valence-electron chi connectivity index (χ2n) is 5.52. The summed E-state index contributed by atoms with van der Waals surface area (Å²) in [5.41, 5.74) is 1.07. The third-order valence-corrected chi connectivity index (χ3v) is 4.46. The molecule has 1 aliphatic carbocycles. The van der Waals surface area contributed by atoms with Crippen LogP contribution in [0.15, 0.2) is 42.5 Å². The first-order valence-corrected chi connectivity index (χ1v) is 6.70. The molecule has 2 aliphatic rings. The number of piperidine rings is 1. The highest BCUT2D eigenvalue weighted by Crippen LogP contribution is 2.50. The summed E-state index contributed by atoms with van der Waals surface area (Å²) in [7, 11) is 2.14. The van der Waals surface area contributed by atoms with E-state index in [1.807, 2.05) is 6.07 Å². The highest BCUT2D eigenvalue weighted by Gasteiger charge is 2.49. The second kappa shape index (κ2) is 4.36. The van der Waals surface area contributed by atoms with Gasteiger partial charge in [-0.2, -0.15) is 0 Å². The molecule has 0 aromatic heterocycles. The van der Waals surface area contributed by atoms with Gasteiger partial charge >= 0.3 is 0 Å². The minimum atomic E-state index is -0.200. The number of nitrogens with zero attached hydrogens (tertiary/aromatic N) is 1. The number of ketones is 1. The van der Waals surface area contributed by atoms with Gasteiger partial charge in [-0.1, -0.05) is 36.4 Å². The van der Waals surface area contributed by atoms with Crippen LogP contribution in [0.2, 0.25) is 0 Å². The lowest BCUT2D eigenvalue weighted by atomic mass is 9.68. The van der Waals surface area contributed by atoms with E-state index >= 15 is 0 Å². The first-order chi connectivity index (χ1) is 8.74. The molecular formula is C16H19NO. The first-order valence-electron chi connectivity index (χ1n) is 6.70. The maximum absolute atomic E-state index is 12.4. The molecular weight excluding hydrogens is 222 g/mol. The smallest absolute Gasteiger partial charge is 0.163 e. The van der Waals surface area contributed by atoms with Crippen molar-refractivity contribution < 1.29 is 4.79 Å². The Morgan fingerprint density at radius 1 is 1.28 bits per heavy atom. The van der Waals surface area contributed by atoms with Crippen LogP contribution in [0.3, 0.4) is 0 Å².